The van der Waals surface area contributed by atoms with Gasteiger partial charge in [0.05, 0.1) is 6.61 Å². The smallest absolute Gasteiger partial charge is 0.330 e. The van der Waals surface area contributed by atoms with Crippen molar-refractivity contribution in [2.75, 3.05) is 18.1 Å². The quantitative estimate of drug-likeness (QED) is 0.497. The zero-order valence-electron chi connectivity index (χ0n) is 7.29. The molecule has 0 saturated carbocycles. The van der Waals surface area contributed by atoms with Crippen LogP contribution < -0.4 is 0 Å². The number of rotatable bonds is 3. The van der Waals surface area contributed by atoms with E-state index < -0.39 is 0 Å². The maximum atomic E-state index is 10.9. The molecule has 0 amide bonds. The molecule has 3 heteroatoms. The van der Waals surface area contributed by atoms with Crippen molar-refractivity contribution in [3.63, 3.8) is 0 Å². The van der Waals surface area contributed by atoms with Crippen LogP contribution in [0, 0.1) is 5.92 Å². The van der Waals surface area contributed by atoms with Gasteiger partial charge in [0.15, 0.2) is 0 Å². The van der Waals surface area contributed by atoms with Crippen LogP contribution in [0.15, 0.2) is 12.2 Å². The van der Waals surface area contributed by atoms with Crippen LogP contribution in [0.2, 0.25) is 0 Å². The SMILES string of the molecule is CCOC(=O)C=CC1CCSC1. The molecule has 1 aliphatic rings. The molecule has 0 spiro atoms. The normalized spacial score (nSPS) is 23.2. The highest BCUT2D eigenvalue weighted by Gasteiger charge is 2.12. The summed E-state index contributed by atoms with van der Waals surface area (Å²) in [7, 11) is 0. The predicted octanol–water partition coefficient (Wildman–Crippen LogP) is 1.86. The van der Waals surface area contributed by atoms with Crippen LogP contribution in [0.3, 0.4) is 0 Å². The second kappa shape index (κ2) is 5.25. The number of allylic oxidation sites excluding steroid dienone is 1. The van der Waals surface area contributed by atoms with Gasteiger partial charge >= 0.3 is 5.97 Å². The van der Waals surface area contributed by atoms with Crippen molar-refractivity contribution in [1.29, 1.82) is 0 Å². The van der Waals surface area contributed by atoms with E-state index in [1.165, 1.54) is 12.2 Å². The Morgan fingerprint density at radius 2 is 2.58 bits per heavy atom. The highest BCUT2D eigenvalue weighted by atomic mass is 32.2. The largest absolute Gasteiger partial charge is 0.463 e. The first-order chi connectivity index (χ1) is 5.83. The maximum absolute atomic E-state index is 10.9. The van der Waals surface area contributed by atoms with Gasteiger partial charge in [-0.25, -0.2) is 4.79 Å². The van der Waals surface area contributed by atoms with Crippen molar-refractivity contribution < 1.29 is 9.53 Å². The van der Waals surface area contributed by atoms with E-state index in [1.54, 1.807) is 6.08 Å². The number of carbonyl (C=O) groups is 1. The summed E-state index contributed by atoms with van der Waals surface area (Å²) < 4.78 is 4.77. The fourth-order valence-electron chi connectivity index (χ4n) is 1.11. The summed E-state index contributed by atoms with van der Waals surface area (Å²) >= 11 is 1.94. The second-order valence-corrected chi connectivity index (χ2v) is 3.88. The molecule has 0 radical (unpaired) electrons. The molecule has 1 unspecified atom stereocenters. The Hall–Kier alpha value is -0.440. The summed E-state index contributed by atoms with van der Waals surface area (Å²) in [5.41, 5.74) is 0. The van der Waals surface area contributed by atoms with Gasteiger partial charge in [-0.15, -0.1) is 0 Å². The molecular weight excluding hydrogens is 172 g/mol. The molecule has 2 nitrogen and oxygen atoms in total. The van der Waals surface area contributed by atoms with Crippen molar-refractivity contribution in [3.05, 3.63) is 12.2 Å². The molecule has 1 saturated heterocycles. The van der Waals surface area contributed by atoms with Crippen LogP contribution in [-0.4, -0.2) is 24.1 Å². The summed E-state index contributed by atoms with van der Waals surface area (Å²) in [4.78, 5) is 10.9. The van der Waals surface area contributed by atoms with Gasteiger partial charge in [-0.05, 0) is 30.8 Å². The minimum absolute atomic E-state index is 0.214. The van der Waals surface area contributed by atoms with Crippen molar-refractivity contribution >= 4 is 17.7 Å². The van der Waals surface area contributed by atoms with Crippen LogP contribution >= 0.6 is 11.8 Å². The van der Waals surface area contributed by atoms with Crippen molar-refractivity contribution in [1.82, 2.24) is 0 Å². The molecular formula is C9H14O2S. The molecule has 0 aromatic carbocycles. The van der Waals surface area contributed by atoms with Crippen LogP contribution in [0.5, 0.6) is 0 Å². The Morgan fingerprint density at radius 3 is 3.17 bits per heavy atom. The van der Waals surface area contributed by atoms with Gasteiger partial charge in [-0.3, -0.25) is 0 Å². The fourth-order valence-corrected chi connectivity index (χ4v) is 2.33. The number of hydrogen-bond donors (Lipinski definition) is 0. The molecule has 1 atom stereocenters. The van der Waals surface area contributed by atoms with Gasteiger partial charge in [0.2, 0.25) is 0 Å². The third-order valence-corrected chi connectivity index (χ3v) is 2.94. The zero-order chi connectivity index (χ0) is 8.81. The Labute approximate surface area is 77.4 Å². The maximum Gasteiger partial charge on any atom is 0.330 e. The summed E-state index contributed by atoms with van der Waals surface area (Å²) in [6.45, 7) is 2.28. The van der Waals surface area contributed by atoms with Gasteiger partial charge in [-0.1, -0.05) is 6.08 Å². The van der Waals surface area contributed by atoms with E-state index in [1.807, 2.05) is 24.8 Å². The van der Waals surface area contributed by atoms with Crippen LogP contribution in [0.1, 0.15) is 13.3 Å². The summed E-state index contributed by atoms with van der Waals surface area (Å²) in [5, 5.41) is 0. The Kier molecular flexibility index (Phi) is 4.22. The fraction of sp³-hybridized carbons (Fsp3) is 0.667. The Balaban J connectivity index is 2.23. The third-order valence-electron chi connectivity index (χ3n) is 1.76. The first kappa shape index (κ1) is 9.65. The van der Waals surface area contributed by atoms with Gasteiger partial charge in [0.25, 0.3) is 0 Å². The van der Waals surface area contributed by atoms with E-state index in [9.17, 15) is 4.79 Å². The molecule has 68 valence electrons. The molecule has 1 fully saturated rings. The molecule has 0 N–H and O–H groups in total. The Morgan fingerprint density at radius 1 is 1.75 bits per heavy atom. The van der Waals surface area contributed by atoms with E-state index in [2.05, 4.69) is 0 Å². The molecule has 0 aliphatic carbocycles. The molecule has 0 aromatic heterocycles. The van der Waals surface area contributed by atoms with Crippen LogP contribution in [0.25, 0.3) is 0 Å². The second-order valence-electron chi connectivity index (χ2n) is 2.73. The van der Waals surface area contributed by atoms with E-state index in [0.717, 1.165) is 5.75 Å². The molecule has 0 aromatic rings. The molecule has 1 aliphatic heterocycles. The van der Waals surface area contributed by atoms with Crippen molar-refractivity contribution in [3.8, 4) is 0 Å². The van der Waals surface area contributed by atoms with E-state index >= 15 is 0 Å². The zero-order valence-corrected chi connectivity index (χ0v) is 8.10. The van der Waals surface area contributed by atoms with Gasteiger partial charge in [0.1, 0.15) is 0 Å². The first-order valence-corrected chi connectivity index (χ1v) is 5.41. The third kappa shape index (κ3) is 3.30. The van der Waals surface area contributed by atoms with Crippen molar-refractivity contribution in [2.24, 2.45) is 5.92 Å². The topological polar surface area (TPSA) is 26.3 Å². The average Bonchev–Trinajstić information content (AvgIpc) is 2.53. The summed E-state index contributed by atoms with van der Waals surface area (Å²) in [5.74, 6) is 2.74. The average molecular weight is 186 g/mol. The van der Waals surface area contributed by atoms with E-state index in [4.69, 9.17) is 4.74 Å². The monoisotopic (exact) mass is 186 g/mol. The minimum atomic E-state index is -0.214. The number of carbonyl (C=O) groups excluding carboxylic acids is 1. The number of ether oxygens (including phenoxy) is 1. The summed E-state index contributed by atoms with van der Waals surface area (Å²) in [6.07, 6.45) is 4.72. The standard InChI is InChI=1S/C9H14O2S/c1-2-11-9(10)4-3-8-5-6-12-7-8/h3-4,8H,2,5-7H2,1H3. The number of hydrogen-bond acceptors (Lipinski definition) is 3. The lowest BCUT2D eigenvalue weighted by atomic mass is 10.1. The number of esters is 1. The van der Waals surface area contributed by atoms with Gasteiger partial charge < -0.3 is 4.74 Å². The van der Waals surface area contributed by atoms with Gasteiger partial charge in [0, 0.05) is 6.08 Å². The number of thioether (sulfide) groups is 1. The molecule has 1 rings (SSSR count). The lowest BCUT2D eigenvalue weighted by Crippen LogP contribution is -2.01. The predicted molar refractivity (Wildman–Crippen MR) is 51.2 cm³/mol. The molecule has 1 heterocycles. The highest BCUT2D eigenvalue weighted by Crippen LogP contribution is 2.24. The molecule has 0 bridgehead atoms. The molecule has 12 heavy (non-hydrogen) atoms. The van der Waals surface area contributed by atoms with Crippen LogP contribution in [-0.2, 0) is 9.53 Å². The van der Waals surface area contributed by atoms with Crippen LogP contribution in [0.4, 0.5) is 0 Å². The van der Waals surface area contributed by atoms with E-state index in [-0.39, 0.29) is 5.97 Å². The lowest BCUT2D eigenvalue weighted by molar-refractivity contribution is -0.137. The van der Waals surface area contributed by atoms with Gasteiger partial charge in [-0.2, -0.15) is 11.8 Å². The Bertz CT molecular complexity index is 171. The van der Waals surface area contributed by atoms with Crippen molar-refractivity contribution in [2.45, 2.75) is 13.3 Å². The summed E-state index contributed by atoms with van der Waals surface area (Å²) in [6, 6.07) is 0. The first-order valence-electron chi connectivity index (χ1n) is 4.25. The lowest BCUT2D eigenvalue weighted by Gasteiger charge is -1.99. The highest BCUT2D eigenvalue weighted by molar-refractivity contribution is 7.99. The van der Waals surface area contributed by atoms with E-state index in [0.29, 0.717) is 12.5 Å². The minimum Gasteiger partial charge on any atom is -0.463 e.